The second-order valence-electron chi connectivity index (χ2n) is 6.08. The zero-order valence-electron chi connectivity index (χ0n) is 12.9. The Morgan fingerprint density at radius 2 is 2.00 bits per heavy atom. The number of rotatable bonds is 2. The van der Waals surface area contributed by atoms with E-state index in [1.54, 1.807) is 0 Å². The number of para-hydroxylation sites is 1. The highest BCUT2D eigenvalue weighted by molar-refractivity contribution is 7.71. The summed E-state index contributed by atoms with van der Waals surface area (Å²) in [6.07, 6.45) is 3.10. The number of aromatic amines is 1. The van der Waals surface area contributed by atoms with Gasteiger partial charge >= 0.3 is 0 Å². The number of anilines is 1. The number of fused-ring (bicyclic) bond motifs is 1. The highest BCUT2D eigenvalue weighted by Crippen LogP contribution is 2.30. The lowest BCUT2D eigenvalue weighted by atomic mass is 9.82. The molecular formula is C18H20N2OS. The van der Waals surface area contributed by atoms with Crippen LogP contribution in [0.15, 0.2) is 30.3 Å². The summed E-state index contributed by atoms with van der Waals surface area (Å²) in [5, 5.41) is 2.96. The summed E-state index contributed by atoms with van der Waals surface area (Å²) in [5.74, 6) is 0.477. The van der Waals surface area contributed by atoms with Crippen molar-refractivity contribution in [2.24, 2.45) is 5.92 Å². The van der Waals surface area contributed by atoms with Gasteiger partial charge in [-0.2, -0.15) is 0 Å². The Bertz CT molecular complexity index is 765. The molecule has 1 heterocycles. The highest BCUT2D eigenvalue weighted by Gasteiger charge is 2.24. The number of aromatic nitrogens is 1. The van der Waals surface area contributed by atoms with Crippen LogP contribution in [0.4, 0.5) is 5.69 Å². The van der Waals surface area contributed by atoms with E-state index >= 15 is 0 Å². The number of aryl methyl sites for hydroxylation is 1. The van der Waals surface area contributed by atoms with Crippen LogP contribution < -0.4 is 5.32 Å². The van der Waals surface area contributed by atoms with Crippen molar-refractivity contribution in [2.45, 2.75) is 33.1 Å². The highest BCUT2D eigenvalue weighted by atomic mass is 32.1. The predicted octanol–water partition coefficient (Wildman–Crippen LogP) is 4.43. The molecule has 1 atom stereocenters. The van der Waals surface area contributed by atoms with Crippen molar-refractivity contribution in [3.63, 3.8) is 0 Å². The molecule has 0 aliphatic heterocycles. The predicted molar refractivity (Wildman–Crippen MR) is 91.9 cm³/mol. The fraction of sp³-hybridized carbons (Fsp3) is 0.333. The molecule has 0 radical (unpaired) electrons. The maximum atomic E-state index is 12.7. The molecule has 0 spiro atoms. The van der Waals surface area contributed by atoms with Crippen molar-refractivity contribution in [1.82, 2.24) is 4.98 Å². The monoisotopic (exact) mass is 312 g/mol. The molecule has 1 aliphatic rings. The number of carbonyl (C=O) groups is 1. The van der Waals surface area contributed by atoms with Crippen LogP contribution in [-0.4, -0.2) is 10.9 Å². The van der Waals surface area contributed by atoms with Gasteiger partial charge in [-0.05, 0) is 55.4 Å². The van der Waals surface area contributed by atoms with E-state index in [0.717, 1.165) is 36.2 Å². The minimum Gasteiger partial charge on any atom is -0.349 e. The molecule has 1 aromatic heterocycles. The van der Waals surface area contributed by atoms with Gasteiger partial charge in [-0.25, -0.2) is 0 Å². The van der Waals surface area contributed by atoms with Gasteiger partial charge in [0.1, 0.15) is 4.64 Å². The van der Waals surface area contributed by atoms with Gasteiger partial charge in [0, 0.05) is 11.4 Å². The lowest BCUT2D eigenvalue weighted by Crippen LogP contribution is -2.22. The largest absolute Gasteiger partial charge is 0.349 e. The second kappa shape index (κ2) is 6.05. The van der Waals surface area contributed by atoms with Crippen molar-refractivity contribution >= 4 is 23.8 Å². The molecule has 0 bridgehead atoms. The third-order valence-electron chi connectivity index (χ3n) is 4.35. The lowest BCUT2D eigenvalue weighted by Gasteiger charge is -2.25. The van der Waals surface area contributed by atoms with E-state index in [9.17, 15) is 4.79 Å². The first-order valence-electron chi connectivity index (χ1n) is 7.67. The Morgan fingerprint density at radius 1 is 1.27 bits per heavy atom. The number of H-pyrrole nitrogens is 1. The van der Waals surface area contributed by atoms with E-state index < -0.39 is 0 Å². The molecule has 1 unspecified atom stereocenters. The normalized spacial score (nSPS) is 16.9. The Labute approximate surface area is 135 Å². The van der Waals surface area contributed by atoms with E-state index in [0.29, 0.717) is 16.1 Å². The number of hydrogen-bond acceptors (Lipinski definition) is 2. The molecule has 3 rings (SSSR count). The minimum absolute atomic E-state index is 0.113. The van der Waals surface area contributed by atoms with Crippen LogP contribution in [0, 0.1) is 17.5 Å². The molecule has 3 nitrogen and oxygen atoms in total. The van der Waals surface area contributed by atoms with E-state index in [1.165, 1.54) is 5.56 Å². The molecule has 0 saturated heterocycles. The number of nitrogens with one attached hydrogen (secondary N) is 2. The maximum absolute atomic E-state index is 12.7. The van der Waals surface area contributed by atoms with Crippen molar-refractivity contribution in [3.8, 4) is 0 Å². The summed E-state index contributed by atoms with van der Waals surface area (Å²) in [7, 11) is 0. The third kappa shape index (κ3) is 2.83. The quantitative estimate of drug-likeness (QED) is 0.806. The number of pyridine rings is 1. The molecule has 0 saturated carbocycles. The SMILES string of the molecule is Cc1[nH]c(=S)c(C(=O)Nc2ccccc2)c2c1CCC(C)C2. The van der Waals surface area contributed by atoms with Crippen LogP contribution in [0.3, 0.4) is 0 Å². The van der Waals surface area contributed by atoms with E-state index in [4.69, 9.17) is 12.2 Å². The molecule has 22 heavy (non-hydrogen) atoms. The van der Waals surface area contributed by atoms with Crippen molar-refractivity contribution in [3.05, 3.63) is 57.4 Å². The topological polar surface area (TPSA) is 44.9 Å². The minimum atomic E-state index is -0.113. The molecule has 0 fully saturated rings. The number of hydrogen-bond donors (Lipinski definition) is 2. The molecular weight excluding hydrogens is 292 g/mol. The van der Waals surface area contributed by atoms with Gasteiger partial charge < -0.3 is 10.3 Å². The number of benzene rings is 1. The third-order valence-corrected chi connectivity index (χ3v) is 4.65. The summed E-state index contributed by atoms with van der Waals surface area (Å²) in [4.78, 5) is 15.9. The molecule has 2 aromatic rings. The van der Waals surface area contributed by atoms with E-state index in [2.05, 4.69) is 17.2 Å². The second-order valence-corrected chi connectivity index (χ2v) is 6.49. The van der Waals surface area contributed by atoms with Crippen LogP contribution in [0.1, 0.15) is 40.5 Å². The Balaban J connectivity index is 2.03. The van der Waals surface area contributed by atoms with Gasteiger partial charge in [0.15, 0.2) is 0 Å². The van der Waals surface area contributed by atoms with Crippen LogP contribution in [-0.2, 0) is 12.8 Å². The molecule has 2 N–H and O–H groups in total. The molecule has 1 aliphatic carbocycles. The summed E-state index contributed by atoms with van der Waals surface area (Å²) in [5.41, 5.74) is 4.94. The van der Waals surface area contributed by atoms with E-state index in [-0.39, 0.29) is 5.91 Å². The molecule has 1 aromatic carbocycles. The summed E-state index contributed by atoms with van der Waals surface area (Å²) in [6, 6.07) is 9.51. The molecule has 1 amide bonds. The fourth-order valence-electron chi connectivity index (χ4n) is 3.18. The van der Waals surface area contributed by atoms with Gasteiger partial charge in [-0.1, -0.05) is 37.3 Å². The zero-order valence-corrected chi connectivity index (χ0v) is 13.7. The van der Waals surface area contributed by atoms with Crippen LogP contribution in [0.5, 0.6) is 0 Å². The van der Waals surface area contributed by atoms with E-state index in [1.807, 2.05) is 37.3 Å². The van der Waals surface area contributed by atoms with Crippen LogP contribution in [0.2, 0.25) is 0 Å². The van der Waals surface area contributed by atoms with Crippen molar-refractivity contribution < 1.29 is 4.79 Å². The number of amides is 1. The van der Waals surface area contributed by atoms with Crippen LogP contribution >= 0.6 is 12.2 Å². The van der Waals surface area contributed by atoms with Gasteiger partial charge in [-0.15, -0.1) is 0 Å². The Morgan fingerprint density at radius 3 is 2.73 bits per heavy atom. The first-order valence-corrected chi connectivity index (χ1v) is 8.08. The Kier molecular flexibility index (Phi) is 4.12. The average molecular weight is 312 g/mol. The molecule has 114 valence electrons. The maximum Gasteiger partial charge on any atom is 0.258 e. The summed E-state index contributed by atoms with van der Waals surface area (Å²) < 4.78 is 0.541. The van der Waals surface area contributed by atoms with Gasteiger partial charge in [-0.3, -0.25) is 4.79 Å². The van der Waals surface area contributed by atoms with Crippen molar-refractivity contribution in [2.75, 3.05) is 5.32 Å². The summed E-state index contributed by atoms with van der Waals surface area (Å²) in [6.45, 7) is 4.28. The smallest absolute Gasteiger partial charge is 0.258 e. The zero-order chi connectivity index (χ0) is 15.7. The lowest BCUT2D eigenvalue weighted by molar-refractivity contribution is 0.102. The fourth-order valence-corrected chi connectivity index (χ4v) is 3.55. The van der Waals surface area contributed by atoms with Gasteiger partial charge in [0.05, 0.1) is 5.56 Å². The Hall–Kier alpha value is -1.94. The molecule has 4 heteroatoms. The number of carbonyl (C=O) groups excluding carboxylic acids is 1. The van der Waals surface area contributed by atoms with Gasteiger partial charge in [0.2, 0.25) is 0 Å². The first-order chi connectivity index (χ1) is 10.6. The first kappa shape index (κ1) is 15.0. The summed E-state index contributed by atoms with van der Waals surface area (Å²) >= 11 is 5.44. The van der Waals surface area contributed by atoms with Crippen molar-refractivity contribution in [1.29, 1.82) is 0 Å². The standard InChI is InChI=1S/C18H20N2OS/c1-11-8-9-14-12(2)19-18(22)16(15(14)10-11)17(21)20-13-6-4-3-5-7-13/h3-7,11H,8-10H2,1-2H3,(H,19,22)(H,20,21). The van der Waals surface area contributed by atoms with Gasteiger partial charge in [0.25, 0.3) is 5.91 Å². The average Bonchev–Trinajstić information content (AvgIpc) is 2.47. The van der Waals surface area contributed by atoms with Crippen LogP contribution in [0.25, 0.3) is 0 Å².